The van der Waals surface area contributed by atoms with Gasteiger partial charge in [0.15, 0.2) is 0 Å². The Morgan fingerprint density at radius 1 is 1.33 bits per heavy atom. The number of hydrogen-bond acceptors (Lipinski definition) is 2. The third-order valence-corrected chi connectivity index (χ3v) is 15.4. The summed E-state index contributed by atoms with van der Waals surface area (Å²) in [6.45, 7) is 5.35. The van der Waals surface area contributed by atoms with Crippen LogP contribution in [-0.2, 0) is 0 Å². The van der Waals surface area contributed by atoms with Gasteiger partial charge in [0, 0.05) is 0 Å². The molecule has 0 saturated heterocycles. The van der Waals surface area contributed by atoms with Crippen molar-refractivity contribution < 1.29 is 42.4 Å². The predicted molar refractivity (Wildman–Crippen MR) is 68.6 cm³/mol. The maximum absolute atomic E-state index is 5.85. The summed E-state index contributed by atoms with van der Waals surface area (Å²) in [6.07, 6.45) is 2.44. The molecule has 96 valence electrons. The molecule has 1 unspecified atom stereocenters. The minimum atomic E-state index is 0.317. The Morgan fingerprint density at radius 2 is 1.93 bits per heavy atom. The molecule has 5 heteroatoms. The Bertz CT molecular complexity index is 156. The van der Waals surface area contributed by atoms with Crippen molar-refractivity contribution in [2.75, 3.05) is 11.5 Å². The first-order valence-corrected chi connectivity index (χ1v) is 12.3. The van der Waals surface area contributed by atoms with Gasteiger partial charge < -0.3 is 0 Å². The van der Waals surface area contributed by atoms with E-state index in [2.05, 4.69) is 41.4 Å². The molecule has 0 rings (SSSR count). The molecule has 0 heterocycles. The standard InChI is InChI=1S/C10H23I3N2/c1-7(6-8(2)15)10(11)13-9(12-3)4-5-14/h7-10H,4-6,14-15H2,1-3H3/q-2/t7-,8-,9?,10+/m0/s1. The van der Waals surface area contributed by atoms with Crippen molar-refractivity contribution >= 4 is 22.6 Å². The van der Waals surface area contributed by atoms with E-state index >= 15 is 0 Å². The molecular weight excluding hydrogens is 529 g/mol. The Kier molecular flexibility index (Phi) is 11.5. The molecule has 0 aromatic carbocycles. The van der Waals surface area contributed by atoms with E-state index < -0.39 is 0 Å². The summed E-state index contributed by atoms with van der Waals surface area (Å²) in [5, 5.41) is 0. The van der Waals surface area contributed by atoms with Gasteiger partial charge in [-0.05, 0) is 0 Å². The van der Waals surface area contributed by atoms with Gasteiger partial charge in [-0.25, -0.2) is 0 Å². The Hall–Kier alpha value is 2.11. The monoisotopic (exact) mass is 552 g/mol. The summed E-state index contributed by atoms with van der Waals surface area (Å²) < 4.78 is 1.90. The van der Waals surface area contributed by atoms with Crippen LogP contribution in [0, 0.1) is 5.92 Å². The van der Waals surface area contributed by atoms with Gasteiger partial charge in [-0.3, -0.25) is 0 Å². The fourth-order valence-electron chi connectivity index (χ4n) is 1.29. The third kappa shape index (κ3) is 8.78. The van der Waals surface area contributed by atoms with Gasteiger partial charge in [0.2, 0.25) is 0 Å². The van der Waals surface area contributed by atoms with Gasteiger partial charge in [0.05, 0.1) is 0 Å². The summed E-state index contributed by atoms with van der Waals surface area (Å²) >= 11 is 3.35. The van der Waals surface area contributed by atoms with Crippen LogP contribution in [0.5, 0.6) is 0 Å². The van der Waals surface area contributed by atoms with Crippen LogP contribution in [0.4, 0.5) is 0 Å². The summed E-state index contributed by atoms with van der Waals surface area (Å²) in [6, 6.07) is 0.352. The van der Waals surface area contributed by atoms with E-state index in [-0.39, 0.29) is 0 Å². The average molecular weight is 552 g/mol. The first-order chi connectivity index (χ1) is 7.01. The first kappa shape index (κ1) is 17.1. The Labute approximate surface area is 129 Å². The minimum absolute atomic E-state index is 0.317. The molecule has 0 aromatic rings. The quantitative estimate of drug-likeness (QED) is 0.237. The van der Waals surface area contributed by atoms with Crippen LogP contribution in [0.2, 0.25) is 0 Å². The number of hydrogen-bond donors (Lipinski definition) is 2. The van der Waals surface area contributed by atoms with Crippen molar-refractivity contribution in [3.63, 3.8) is 0 Å². The van der Waals surface area contributed by atoms with Crippen LogP contribution in [0.3, 0.4) is 0 Å². The zero-order chi connectivity index (χ0) is 11.8. The third-order valence-electron chi connectivity index (χ3n) is 2.05. The predicted octanol–water partition coefficient (Wildman–Crippen LogP) is -4.40. The molecule has 15 heavy (non-hydrogen) atoms. The molecule has 0 saturated carbocycles. The van der Waals surface area contributed by atoms with E-state index in [4.69, 9.17) is 11.5 Å². The van der Waals surface area contributed by atoms with Gasteiger partial charge in [0.25, 0.3) is 0 Å². The fourth-order valence-corrected chi connectivity index (χ4v) is 14.8. The van der Waals surface area contributed by atoms with E-state index in [0.717, 1.165) is 16.3 Å². The van der Waals surface area contributed by atoms with E-state index in [1.165, 1.54) is 12.8 Å². The Balaban J connectivity index is 3.91. The zero-order valence-electron chi connectivity index (χ0n) is 9.72. The molecule has 0 radical (unpaired) electrons. The van der Waals surface area contributed by atoms with Gasteiger partial charge in [0.1, 0.15) is 0 Å². The summed E-state index contributed by atoms with van der Waals surface area (Å²) in [7, 11) is 0. The topological polar surface area (TPSA) is 52.0 Å². The van der Waals surface area contributed by atoms with Crippen LogP contribution in [0.25, 0.3) is 0 Å². The summed E-state index contributed by atoms with van der Waals surface area (Å²) in [5.41, 5.74) is 11.5. The van der Waals surface area contributed by atoms with Gasteiger partial charge in [-0.1, -0.05) is 0 Å². The molecule has 0 fully saturated rings. The van der Waals surface area contributed by atoms with Crippen LogP contribution < -0.4 is 53.9 Å². The normalized spacial score (nSPS) is 20.1. The molecule has 0 aliphatic carbocycles. The second kappa shape index (κ2) is 10.1. The Morgan fingerprint density at radius 3 is 2.33 bits per heavy atom. The van der Waals surface area contributed by atoms with Crippen LogP contribution in [0.1, 0.15) is 26.7 Å². The van der Waals surface area contributed by atoms with Crippen molar-refractivity contribution in [2.45, 2.75) is 36.6 Å². The van der Waals surface area contributed by atoms with E-state index in [1.54, 1.807) is 0 Å². The molecule has 0 spiro atoms. The molecule has 4 N–H and O–H groups in total. The summed E-state index contributed by atoms with van der Waals surface area (Å²) in [4.78, 5) is 2.40. The van der Waals surface area contributed by atoms with E-state index in [1.807, 2.05) is 0 Å². The first-order valence-electron chi connectivity index (χ1n) is 5.21. The van der Waals surface area contributed by atoms with Gasteiger partial charge in [-0.15, -0.1) is 0 Å². The van der Waals surface area contributed by atoms with Crippen molar-refractivity contribution in [1.82, 2.24) is 0 Å². The molecule has 0 aromatic heterocycles. The summed E-state index contributed by atoms with van der Waals surface area (Å²) in [5.74, 6) is 0.786. The zero-order valence-corrected chi connectivity index (χ0v) is 16.2. The van der Waals surface area contributed by atoms with Crippen molar-refractivity contribution in [3.8, 4) is 0 Å². The number of alkyl halides is 5. The van der Waals surface area contributed by atoms with Crippen molar-refractivity contribution in [2.24, 2.45) is 17.4 Å². The van der Waals surface area contributed by atoms with Crippen LogP contribution >= 0.6 is 22.6 Å². The van der Waals surface area contributed by atoms with Gasteiger partial charge in [-0.2, -0.15) is 0 Å². The average Bonchev–Trinajstić information content (AvgIpc) is 2.15. The second-order valence-corrected chi connectivity index (χ2v) is 16.3. The van der Waals surface area contributed by atoms with Gasteiger partial charge >= 0.3 is 130 Å². The number of rotatable bonds is 8. The molecule has 2 nitrogen and oxygen atoms in total. The van der Waals surface area contributed by atoms with Crippen molar-refractivity contribution in [3.05, 3.63) is 0 Å². The molecule has 0 amide bonds. The molecule has 0 aliphatic heterocycles. The second-order valence-electron chi connectivity index (χ2n) is 3.84. The maximum atomic E-state index is 5.85. The van der Waals surface area contributed by atoms with E-state index in [0.29, 0.717) is 48.5 Å². The number of halogens is 3. The molecule has 0 bridgehead atoms. The molecule has 0 aliphatic rings. The fraction of sp³-hybridized carbons (Fsp3) is 1.00. The molecule has 4 atom stereocenters. The van der Waals surface area contributed by atoms with Crippen LogP contribution in [0.15, 0.2) is 0 Å². The number of nitrogens with two attached hydrogens (primary N) is 2. The van der Waals surface area contributed by atoms with E-state index in [9.17, 15) is 0 Å². The molecular formula is C10H23I3N2-2. The SMILES string of the molecule is C[I-]C(CCN)[I-][C@@H](I)[C@@H](C)C[C@H](C)N. The van der Waals surface area contributed by atoms with Crippen molar-refractivity contribution in [1.29, 1.82) is 0 Å². The van der Waals surface area contributed by atoms with Crippen LogP contribution in [-0.4, -0.2) is 21.4 Å².